The highest BCUT2D eigenvalue weighted by Crippen LogP contribution is 2.31. The minimum absolute atomic E-state index is 0.0776. The van der Waals surface area contributed by atoms with E-state index in [0.717, 1.165) is 19.3 Å². The van der Waals surface area contributed by atoms with E-state index in [1.165, 1.54) is 0 Å². The first-order valence-corrected chi connectivity index (χ1v) is 5.96. The molecular weight excluding hydrogens is 206 g/mol. The van der Waals surface area contributed by atoms with Gasteiger partial charge in [0.1, 0.15) is 11.3 Å². The number of alkyl carbamates (subject to hydrolysis) is 1. The number of carbonyl (C=O) groups excluding carboxylic acids is 1. The van der Waals surface area contributed by atoms with Gasteiger partial charge in [-0.05, 0) is 40.0 Å². The van der Waals surface area contributed by atoms with Crippen LogP contribution in [-0.2, 0) is 4.74 Å². The van der Waals surface area contributed by atoms with Gasteiger partial charge in [-0.15, -0.1) is 0 Å². The van der Waals surface area contributed by atoms with Crippen molar-refractivity contribution >= 4 is 6.09 Å². The molecule has 16 heavy (non-hydrogen) atoms. The molecule has 0 aliphatic heterocycles. The summed E-state index contributed by atoms with van der Waals surface area (Å²) in [6.45, 7) is 7.37. The van der Waals surface area contributed by atoms with Crippen LogP contribution in [0.2, 0.25) is 0 Å². The molecule has 0 saturated heterocycles. The van der Waals surface area contributed by atoms with Gasteiger partial charge in [-0.2, -0.15) is 0 Å². The predicted octanol–water partition coefficient (Wildman–Crippen LogP) is 2.41. The zero-order chi connectivity index (χ0) is 12.4. The normalized spacial score (nSPS) is 30.9. The number of hydrogen-bond donors (Lipinski definition) is 2. The SMILES string of the molecule is CC1CCCCC1(O)NC(=O)OC(C)(C)C. The lowest BCUT2D eigenvalue weighted by Crippen LogP contribution is -2.55. The van der Waals surface area contributed by atoms with Crippen LogP contribution in [0, 0.1) is 5.92 Å². The summed E-state index contributed by atoms with van der Waals surface area (Å²) < 4.78 is 5.14. The zero-order valence-electron chi connectivity index (χ0n) is 10.7. The summed E-state index contributed by atoms with van der Waals surface area (Å²) in [6, 6.07) is 0. The lowest BCUT2D eigenvalue weighted by Gasteiger charge is -2.38. The van der Waals surface area contributed by atoms with Gasteiger partial charge in [0.15, 0.2) is 0 Å². The van der Waals surface area contributed by atoms with Gasteiger partial charge >= 0.3 is 6.09 Å². The van der Waals surface area contributed by atoms with E-state index in [1.807, 2.05) is 6.92 Å². The summed E-state index contributed by atoms with van der Waals surface area (Å²) in [5.74, 6) is 0.0776. The molecule has 0 spiro atoms. The Kier molecular flexibility index (Phi) is 3.84. The summed E-state index contributed by atoms with van der Waals surface area (Å²) in [7, 11) is 0. The maximum Gasteiger partial charge on any atom is 0.409 e. The molecule has 94 valence electrons. The second-order valence-corrected chi connectivity index (χ2v) is 5.70. The molecule has 2 N–H and O–H groups in total. The monoisotopic (exact) mass is 229 g/mol. The molecular formula is C12H23NO3. The van der Waals surface area contributed by atoms with Gasteiger partial charge in [-0.1, -0.05) is 13.3 Å². The van der Waals surface area contributed by atoms with Crippen molar-refractivity contribution in [2.24, 2.45) is 5.92 Å². The van der Waals surface area contributed by atoms with E-state index < -0.39 is 17.4 Å². The van der Waals surface area contributed by atoms with E-state index in [-0.39, 0.29) is 5.92 Å². The van der Waals surface area contributed by atoms with Crippen LogP contribution in [0.4, 0.5) is 4.79 Å². The van der Waals surface area contributed by atoms with Crippen molar-refractivity contribution in [3.63, 3.8) is 0 Å². The first kappa shape index (κ1) is 13.3. The van der Waals surface area contributed by atoms with Crippen molar-refractivity contribution in [1.29, 1.82) is 0 Å². The number of hydrogen-bond acceptors (Lipinski definition) is 3. The van der Waals surface area contributed by atoms with Gasteiger partial charge in [0.05, 0.1) is 0 Å². The fraction of sp³-hybridized carbons (Fsp3) is 0.917. The van der Waals surface area contributed by atoms with Crippen LogP contribution in [0.5, 0.6) is 0 Å². The molecule has 1 saturated carbocycles. The topological polar surface area (TPSA) is 58.6 Å². The first-order valence-electron chi connectivity index (χ1n) is 5.96. The molecule has 0 aromatic rings. The number of amides is 1. The van der Waals surface area contributed by atoms with Crippen LogP contribution in [0.3, 0.4) is 0 Å². The number of nitrogens with one attached hydrogen (secondary N) is 1. The third kappa shape index (κ3) is 3.67. The fourth-order valence-electron chi connectivity index (χ4n) is 2.00. The van der Waals surface area contributed by atoms with Crippen LogP contribution in [0.15, 0.2) is 0 Å². The van der Waals surface area contributed by atoms with Crippen molar-refractivity contribution in [2.75, 3.05) is 0 Å². The van der Waals surface area contributed by atoms with Crippen molar-refractivity contribution in [3.05, 3.63) is 0 Å². The lowest BCUT2D eigenvalue weighted by atomic mass is 9.82. The highest BCUT2D eigenvalue weighted by atomic mass is 16.6. The first-order chi connectivity index (χ1) is 7.23. The van der Waals surface area contributed by atoms with Crippen molar-refractivity contribution in [3.8, 4) is 0 Å². The summed E-state index contributed by atoms with van der Waals surface area (Å²) in [4.78, 5) is 11.6. The van der Waals surface area contributed by atoms with Crippen molar-refractivity contribution < 1.29 is 14.6 Å². The smallest absolute Gasteiger partial charge is 0.409 e. The van der Waals surface area contributed by atoms with Gasteiger partial charge in [-0.25, -0.2) is 4.79 Å². The number of ether oxygens (including phenoxy) is 1. The second-order valence-electron chi connectivity index (χ2n) is 5.70. The third-order valence-electron chi connectivity index (χ3n) is 2.98. The maximum atomic E-state index is 11.6. The Bertz CT molecular complexity index is 259. The van der Waals surface area contributed by atoms with E-state index in [0.29, 0.717) is 6.42 Å². The molecule has 1 rings (SSSR count). The molecule has 0 bridgehead atoms. The van der Waals surface area contributed by atoms with E-state index in [2.05, 4.69) is 5.32 Å². The Labute approximate surface area is 97.4 Å². The molecule has 4 heteroatoms. The van der Waals surface area contributed by atoms with E-state index >= 15 is 0 Å². The van der Waals surface area contributed by atoms with Crippen LogP contribution in [0.1, 0.15) is 53.4 Å². The van der Waals surface area contributed by atoms with Crippen LogP contribution >= 0.6 is 0 Å². The third-order valence-corrected chi connectivity index (χ3v) is 2.98. The largest absolute Gasteiger partial charge is 0.444 e. The quantitative estimate of drug-likeness (QED) is 0.679. The Morgan fingerprint density at radius 1 is 1.44 bits per heavy atom. The zero-order valence-corrected chi connectivity index (χ0v) is 10.7. The number of carbonyl (C=O) groups is 1. The van der Waals surface area contributed by atoms with Gasteiger partial charge in [0, 0.05) is 5.92 Å². The van der Waals surface area contributed by atoms with E-state index in [1.54, 1.807) is 20.8 Å². The van der Waals surface area contributed by atoms with Crippen molar-refractivity contribution in [1.82, 2.24) is 5.32 Å². The van der Waals surface area contributed by atoms with E-state index in [4.69, 9.17) is 4.74 Å². The predicted molar refractivity (Wildman–Crippen MR) is 62.0 cm³/mol. The molecule has 2 unspecified atom stereocenters. The van der Waals surface area contributed by atoms with Crippen molar-refractivity contribution in [2.45, 2.75) is 64.7 Å². The minimum Gasteiger partial charge on any atom is -0.444 e. The standard InChI is InChI=1S/C12H23NO3/c1-9-7-5-6-8-12(9,15)13-10(14)16-11(2,3)4/h9,15H,5-8H2,1-4H3,(H,13,14). The van der Waals surface area contributed by atoms with Gasteiger partial charge < -0.3 is 9.84 Å². The van der Waals surface area contributed by atoms with E-state index in [9.17, 15) is 9.90 Å². The van der Waals surface area contributed by atoms with Crippen LogP contribution in [0.25, 0.3) is 0 Å². The number of rotatable bonds is 1. The molecule has 1 amide bonds. The molecule has 1 fully saturated rings. The van der Waals surface area contributed by atoms with Gasteiger partial charge in [-0.3, -0.25) is 5.32 Å². The molecule has 1 aliphatic rings. The van der Waals surface area contributed by atoms with Crippen LogP contribution < -0.4 is 5.32 Å². The molecule has 0 heterocycles. The average Bonchev–Trinajstić information content (AvgIpc) is 2.06. The Morgan fingerprint density at radius 3 is 2.56 bits per heavy atom. The Morgan fingerprint density at radius 2 is 2.06 bits per heavy atom. The Balaban J connectivity index is 2.54. The molecule has 0 aromatic heterocycles. The maximum absolute atomic E-state index is 11.6. The summed E-state index contributed by atoms with van der Waals surface area (Å²) >= 11 is 0. The average molecular weight is 229 g/mol. The second kappa shape index (κ2) is 4.62. The fourth-order valence-corrected chi connectivity index (χ4v) is 2.00. The summed E-state index contributed by atoms with van der Waals surface area (Å²) in [6.07, 6.45) is 3.05. The van der Waals surface area contributed by atoms with Gasteiger partial charge in [0.25, 0.3) is 0 Å². The Hall–Kier alpha value is -0.770. The lowest BCUT2D eigenvalue weighted by molar-refractivity contribution is -0.0723. The minimum atomic E-state index is -1.10. The molecule has 0 radical (unpaired) electrons. The summed E-state index contributed by atoms with van der Waals surface area (Å²) in [5, 5.41) is 12.9. The molecule has 4 nitrogen and oxygen atoms in total. The molecule has 1 aliphatic carbocycles. The number of aliphatic hydroxyl groups is 1. The summed E-state index contributed by atoms with van der Waals surface area (Å²) in [5.41, 5.74) is -1.63. The molecule has 0 aromatic carbocycles. The highest BCUT2D eigenvalue weighted by Gasteiger charge is 2.38. The van der Waals surface area contributed by atoms with Crippen LogP contribution in [-0.4, -0.2) is 22.5 Å². The highest BCUT2D eigenvalue weighted by molar-refractivity contribution is 5.68. The molecule has 2 atom stereocenters. The van der Waals surface area contributed by atoms with Gasteiger partial charge in [0.2, 0.25) is 0 Å².